The Hall–Kier alpha value is -0.810. The van der Waals surface area contributed by atoms with Gasteiger partial charge in [0.05, 0.1) is 0 Å². The number of methoxy groups -OCH3 is 1. The molecule has 1 atom stereocenters. The highest BCUT2D eigenvalue weighted by Gasteiger charge is 2.23. The highest BCUT2D eigenvalue weighted by molar-refractivity contribution is 5.79. The van der Waals surface area contributed by atoms with E-state index in [2.05, 4.69) is 22.2 Å². The van der Waals surface area contributed by atoms with E-state index in [-0.39, 0.29) is 0 Å². The number of nitrogens with one attached hydrogen (secondary N) is 1. The highest BCUT2D eigenvalue weighted by Crippen LogP contribution is 2.19. The fourth-order valence-corrected chi connectivity index (χ4v) is 2.32. The molecule has 0 aromatic heterocycles. The van der Waals surface area contributed by atoms with E-state index in [1.54, 1.807) is 7.11 Å². The van der Waals surface area contributed by atoms with E-state index in [0.29, 0.717) is 6.04 Å². The minimum atomic E-state index is 0.584. The zero-order valence-corrected chi connectivity index (χ0v) is 11.1. The number of nitrogens with zero attached hydrogens (tertiary/aromatic N) is 2. The van der Waals surface area contributed by atoms with E-state index in [1.165, 1.54) is 19.3 Å². The van der Waals surface area contributed by atoms with Gasteiger partial charge in [0.2, 0.25) is 5.96 Å². The van der Waals surface area contributed by atoms with Crippen LogP contribution < -0.4 is 11.3 Å². The molecule has 1 heterocycles. The van der Waals surface area contributed by atoms with Crippen LogP contribution in [0.25, 0.3) is 0 Å². The maximum Gasteiger partial charge on any atom is 0.208 e. The number of rotatable bonds is 5. The molecule has 0 aromatic carbocycles. The van der Waals surface area contributed by atoms with E-state index in [1.807, 2.05) is 0 Å². The lowest BCUT2D eigenvalue weighted by Crippen LogP contribution is -2.51. The van der Waals surface area contributed by atoms with Crippen LogP contribution in [0.3, 0.4) is 0 Å². The van der Waals surface area contributed by atoms with Crippen LogP contribution in [0.5, 0.6) is 0 Å². The zero-order valence-electron chi connectivity index (χ0n) is 11.1. The molecule has 1 rings (SSSR count). The predicted octanol–water partition coefficient (Wildman–Crippen LogP) is 1.11. The third-order valence-electron chi connectivity index (χ3n) is 3.27. The standard InChI is InChI=1S/C12H26N4O/c1-3-11-7-4-5-9-16(11)12(15-13)14-8-6-10-17-2/h11H,3-10,13H2,1-2H3,(H,14,15). The lowest BCUT2D eigenvalue weighted by atomic mass is 10.0. The smallest absolute Gasteiger partial charge is 0.208 e. The first-order valence-corrected chi connectivity index (χ1v) is 6.60. The third kappa shape index (κ3) is 4.52. The molecule has 5 nitrogen and oxygen atoms in total. The molecule has 1 saturated heterocycles. The average Bonchev–Trinajstić information content (AvgIpc) is 2.39. The van der Waals surface area contributed by atoms with Gasteiger partial charge in [0.15, 0.2) is 0 Å². The van der Waals surface area contributed by atoms with Crippen LogP contribution in [0, 0.1) is 0 Å². The van der Waals surface area contributed by atoms with Crippen molar-refractivity contribution in [1.82, 2.24) is 10.3 Å². The number of hydrogen-bond acceptors (Lipinski definition) is 3. The zero-order chi connectivity index (χ0) is 12.5. The quantitative estimate of drug-likeness (QED) is 0.249. The Balaban J connectivity index is 2.51. The summed E-state index contributed by atoms with van der Waals surface area (Å²) in [7, 11) is 1.71. The highest BCUT2D eigenvalue weighted by atomic mass is 16.5. The Kier molecular flexibility index (Phi) is 6.96. The average molecular weight is 242 g/mol. The van der Waals surface area contributed by atoms with Crippen molar-refractivity contribution in [1.29, 1.82) is 0 Å². The van der Waals surface area contributed by atoms with Crippen LogP contribution >= 0.6 is 0 Å². The summed E-state index contributed by atoms with van der Waals surface area (Å²) in [5.74, 6) is 6.42. The first-order chi connectivity index (χ1) is 8.33. The van der Waals surface area contributed by atoms with Gasteiger partial charge in [-0.1, -0.05) is 6.92 Å². The number of aliphatic imine (C=N–C) groups is 1. The fourth-order valence-electron chi connectivity index (χ4n) is 2.32. The molecule has 0 aliphatic carbocycles. The molecule has 3 N–H and O–H groups in total. The van der Waals surface area contributed by atoms with Crippen molar-refractivity contribution in [2.45, 2.75) is 45.1 Å². The Morgan fingerprint density at radius 1 is 1.53 bits per heavy atom. The van der Waals surface area contributed by atoms with Crippen molar-refractivity contribution < 1.29 is 4.74 Å². The number of ether oxygens (including phenoxy) is 1. The van der Waals surface area contributed by atoms with E-state index >= 15 is 0 Å². The van der Waals surface area contributed by atoms with Crippen molar-refractivity contribution in [3.63, 3.8) is 0 Å². The number of likely N-dealkylation sites (tertiary alicyclic amines) is 1. The molecule has 1 unspecified atom stereocenters. The maximum atomic E-state index is 5.58. The molecule has 1 aliphatic rings. The van der Waals surface area contributed by atoms with Gasteiger partial charge in [0.25, 0.3) is 0 Å². The number of nitrogens with two attached hydrogens (primary N) is 1. The SMILES string of the molecule is CCC1CCCCN1C(=NCCCOC)NN. The molecule has 1 fully saturated rings. The van der Waals surface area contributed by atoms with Crippen molar-refractivity contribution in [2.75, 3.05) is 26.8 Å². The molecule has 0 aromatic rings. The normalized spacial score (nSPS) is 21.7. The van der Waals surface area contributed by atoms with Gasteiger partial charge in [-0.3, -0.25) is 10.4 Å². The summed E-state index contributed by atoms with van der Waals surface area (Å²) in [6, 6.07) is 0.584. The summed E-state index contributed by atoms with van der Waals surface area (Å²) >= 11 is 0. The van der Waals surface area contributed by atoms with Gasteiger partial charge in [-0.25, -0.2) is 5.84 Å². The van der Waals surface area contributed by atoms with Crippen LogP contribution in [0.1, 0.15) is 39.0 Å². The first-order valence-electron chi connectivity index (χ1n) is 6.60. The summed E-state index contributed by atoms with van der Waals surface area (Å²) in [6.45, 7) is 4.80. The van der Waals surface area contributed by atoms with E-state index in [0.717, 1.165) is 38.5 Å². The second-order valence-corrected chi connectivity index (χ2v) is 4.45. The van der Waals surface area contributed by atoms with Gasteiger partial charge < -0.3 is 9.64 Å². The van der Waals surface area contributed by atoms with Crippen molar-refractivity contribution in [3.8, 4) is 0 Å². The lowest BCUT2D eigenvalue weighted by molar-refractivity contribution is 0.196. The van der Waals surface area contributed by atoms with Crippen LogP contribution in [0.2, 0.25) is 0 Å². The van der Waals surface area contributed by atoms with Gasteiger partial charge in [-0.15, -0.1) is 0 Å². The van der Waals surface area contributed by atoms with Gasteiger partial charge in [0, 0.05) is 32.8 Å². The Bertz CT molecular complexity index is 233. The minimum absolute atomic E-state index is 0.584. The molecule has 0 saturated carbocycles. The summed E-state index contributed by atoms with van der Waals surface area (Å²) in [5, 5.41) is 0. The molecule has 5 heteroatoms. The van der Waals surface area contributed by atoms with Crippen LogP contribution in [-0.4, -0.2) is 43.7 Å². The molecular formula is C12H26N4O. The minimum Gasteiger partial charge on any atom is -0.385 e. The molecule has 17 heavy (non-hydrogen) atoms. The van der Waals surface area contributed by atoms with Gasteiger partial charge >= 0.3 is 0 Å². The maximum absolute atomic E-state index is 5.58. The number of piperidine rings is 1. The molecular weight excluding hydrogens is 216 g/mol. The monoisotopic (exact) mass is 242 g/mol. The van der Waals surface area contributed by atoms with E-state index < -0.39 is 0 Å². The van der Waals surface area contributed by atoms with Crippen molar-refractivity contribution >= 4 is 5.96 Å². The van der Waals surface area contributed by atoms with Gasteiger partial charge in [0.1, 0.15) is 0 Å². The Morgan fingerprint density at radius 3 is 3.00 bits per heavy atom. The lowest BCUT2D eigenvalue weighted by Gasteiger charge is -2.37. The molecule has 0 spiro atoms. The summed E-state index contributed by atoms with van der Waals surface area (Å²) in [4.78, 5) is 6.84. The largest absolute Gasteiger partial charge is 0.385 e. The number of guanidine groups is 1. The van der Waals surface area contributed by atoms with Gasteiger partial charge in [-0.05, 0) is 32.1 Å². The molecule has 1 aliphatic heterocycles. The van der Waals surface area contributed by atoms with Crippen LogP contribution in [0.4, 0.5) is 0 Å². The second kappa shape index (κ2) is 8.31. The first kappa shape index (κ1) is 14.3. The van der Waals surface area contributed by atoms with Crippen LogP contribution in [-0.2, 0) is 4.74 Å². The summed E-state index contributed by atoms with van der Waals surface area (Å²) in [5.41, 5.74) is 2.75. The van der Waals surface area contributed by atoms with E-state index in [4.69, 9.17) is 10.6 Å². The van der Waals surface area contributed by atoms with Crippen molar-refractivity contribution in [3.05, 3.63) is 0 Å². The third-order valence-corrected chi connectivity index (χ3v) is 3.27. The molecule has 0 amide bonds. The second-order valence-electron chi connectivity index (χ2n) is 4.45. The van der Waals surface area contributed by atoms with Crippen molar-refractivity contribution in [2.24, 2.45) is 10.8 Å². The fraction of sp³-hybridized carbons (Fsp3) is 0.917. The Labute approximate surface area is 104 Å². The predicted molar refractivity (Wildman–Crippen MR) is 70.8 cm³/mol. The molecule has 100 valence electrons. The van der Waals surface area contributed by atoms with E-state index in [9.17, 15) is 0 Å². The molecule has 0 bridgehead atoms. The summed E-state index contributed by atoms with van der Waals surface area (Å²) in [6.07, 6.45) is 5.88. The Morgan fingerprint density at radius 2 is 2.35 bits per heavy atom. The summed E-state index contributed by atoms with van der Waals surface area (Å²) < 4.78 is 5.01. The molecule has 0 radical (unpaired) electrons. The van der Waals surface area contributed by atoms with Gasteiger partial charge in [-0.2, -0.15) is 0 Å². The van der Waals surface area contributed by atoms with Crippen LogP contribution in [0.15, 0.2) is 4.99 Å². The topological polar surface area (TPSA) is 62.9 Å². The number of hydrazine groups is 1. The number of hydrogen-bond donors (Lipinski definition) is 2.